The minimum Gasteiger partial charge on any atom is -0.483 e. The van der Waals surface area contributed by atoms with Crippen molar-refractivity contribution < 1.29 is 18.8 Å². The van der Waals surface area contributed by atoms with Gasteiger partial charge >= 0.3 is 0 Å². The van der Waals surface area contributed by atoms with E-state index in [-0.39, 0.29) is 18.6 Å². The zero-order valence-electron chi connectivity index (χ0n) is 15.3. The van der Waals surface area contributed by atoms with Crippen molar-refractivity contribution in [3.8, 4) is 28.6 Å². The third kappa shape index (κ3) is 4.37. The number of nitrogens with zero attached hydrogens (tertiary/aromatic N) is 2. The minimum absolute atomic E-state index is 0.0938. The summed E-state index contributed by atoms with van der Waals surface area (Å²) < 4.78 is 16.6. The van der Waals surface area contributed by atoms with Crippen LogP contribution in [-0.4, -0.2) is 41.9 Å². The molecule has 0 aliphatic carbocycles. The molecule has 0 spiro atoms. The SMILES string of the molecule is O=C(COc1ccccc1-c1nc(-c2ccccc2)no1)NC[C@H]1CCCO1. The number of amides is 1. The predicted molar refractivity (Wildman–Crippen MR) is 103 cm³/mol. The topological polar surface area (TPSA) is 86.5 Å². The molecule has 1 aliphatic heterocycles. The van der Waals surface area contributed by atoms with Crippen LogP contribution in [-0.2, 0) is 9.53 Å². The fourth-order valence-corrected chi connectivity index (χ4v) is 3.03. The average Bonchev–Trinajstić information content (AvgIpc) is 3.44. The number of benzene rings is 2. The molecular formula is C21H21N3O4. The van der Waals surface area contributed by atoms with Gasteiger partial charge in [-0.2, -0.15) is 4.98 Å². The molecule has 2 aromatic carbocycles. The van der Waals surface area contributed by atoms with Crippen LogP contribution in [0.2, 0.25) is 0 Å². The summed E-state index contributed by atoms with van der Waals surface area (Å²) in [6, 6.07) is 16.9. The summed E-state index contributed by atoms with van der Waals surface area (Å²) in [5.74, 6) is 1.16. The van der Waals surface area contributed by atoms with Crippen LogP contribution < -0.4 is 10.1 Å². The highest BCUT2D eigenvalue weighted by Crippen LogP contribution is 2.30. The summed E-state index contributed by atoms with van der Waals surface area (Å²) in [7, 11) is 0. The van der Waals surface area contributed by atoms with Crippen LogP contribution in [0.5, 0.6) is 5.75 Å². The molecule has 2 heterocycles. The molecule has 1 amide bonds. The molecule has 1 atom stereocenters. The van der Waals surface area contributed by atoms with Crippen molar-refractivity contribution in [2.45, 2.75) is 18.9 Å². The van der Waals surface area contributed by atoms with Crippen LogP contribution >= 0.6 is 0 Å². The fourth-order valence-electron chi connectivity index (χ4n) is 3.03. The molecule has 4 rings (SSSR count). The van der Waals surface area contributed by atoms with Gasteiger partial charge in [-0.15, -0.1) is 0 Å². The molecule has 1 aliphatic rings. The third-order valence-electron chi connectivity index (χ3n) is 4.49. The molecule has 28 heavy (non-hydrogen) atoms. The molecule has 0 bridgehead atoms. The van der Waals surface area contributed by atoms with Crippen LogP contribution in [0.3, 0.4) is 0 Å². The van der Waals surface area contributed by atoms with E-state index in [4.69, 9.17) is 14.0 Å². The largest absolute Gasteiger partial charge is 0.483 e. The average molecular weight is 379 g/mol. The maximum absolute atomic E-state index is 12.1. The van der Waals surface area contributed by atoms with Crippen molar-refractivity contribution in [3.63, 3.8) is 0 Å². The van der Waals surface area contributed by atoms with E-state index in [0.29, 0.717) is 29.6 Å². The van der Waals surface area contributed by atoms with Crippen molar-refractivity contribution in [1.82, 2.24) is 15.5 Å². The van der Waals surface area contributed by atoms with Gasteiger partial charge in [0, 0.05) is 18.7 Å². The summed E-state index contributed by atoms with van der Waals surface area (Å²) in [6.45, 7) is 1.18. The number of aromatic nitrogens is 2. The Labute approximate surface area is 162 Å². The predicted octanol–water partition coefficient (Wildman–Crippen LogP) is 3.08. The van der Waals surface area contributed by atoms with Crippen LogP contribution in [0.1, 0.15) is 12.8 Å². The highest BCUT2D eigenvalue weighted by molar-refractivity contribution is 5.78. The van der Waals surface area contributed by atoms with Crippen molar-refractivity contribution in [3.05, 3.63) is 54.6 Å². The quantitative estimate of drug-likeness (QED) is 0.679. The lowest BCUT2D eigenvalue weighted by molar-refractivity contribution is -0.123. The summed E-state index contributed by atoms with van der Waals surface area (Å²) in [6.07, 6.45) is 2.12. The lowest BCUT2D eigenvalue weighted by Crippen LogP contribution is -2.35. The van der Waals surface area contributed by atoms with E-state index in [1.165, 1.54) is 0 Å². The number of ether oxygens (including phenoxy) is 2. The zero-order valence-corrected chi connectivity index (χ0v) is 15.3. The molecule has 144 valence electrons. The summed E-state index contributed by atoms with van der Waals surface area (Å²) in [5.41, 5.74) is 1.51. The van der Waals surface area contributed by atoms with Crippen LogP contribution in [0.4, 0.5) is 0 Å². The Morgan fingerprint density at radius 2 is 1.96 bits per heavy atom. The molecule has 0 unspecified atom stereocenters. The highest BCUT2D eigenvalue weighted by atomic mass is 16.5. The standard InChI is InChI=1S/C21H21N3O4/c25-19(22-13-16-9-6-12-26-16)14-27-18-11-5-4-10-17(18)21-23-20(24-28-21)15-7-2-1-3-8-15/h1-5,7-8,10-11,16H,6,9,12-14H2,(H,22,25)/t16-/m1/s1. The van der Waals surface area contributed by atoms with Crippen molar-refractivity contribution in [1.29, 1.82) is 0 Å². The molecule has 1 fully saturated rings. The number of hydrogen-bond acceptors (Lipinski definition) is 6. The second kappa shape index (κ2) is 8.67. The van der Waals surface area contributed by atoms with Gasteiger partial charge in [-0.05, 0) is 25.0 Å². The van der Waals surface area contributed by atoms with Crippen molar-refractivity contribution >= 4 is 5.91 Å². The second-order valence-electron chi connectivity index (χ2n) is 6.51. The van der Waals surface area contributed by atoms with Gasteiger partial charge in [-0.3, -0.25) is 4.79 Å². The van der Waals surface area contributed by atoms with Gasteiger partial charge in [-0.1, -0.05) is 47.6 Å². The molecule has 7 heteroatoms. The van der Waals surface area contributed by atoms with Gasteiger partial charge in [0.1, 0.15) is 5.75 Å². The number of nitrogens with one attached hydrogen (secondary N) is 1. The van der Waals surface area contributed by atoms with E-state index in [9.17, 15) is 4.79 Å². The number of carbonyl (C=O) groups is 1. The summed E-state index contributed by atoms with van der Waals surface area (Å²) in [4.78, 5) is 16.5. The highest BCUT2D eigenvalue weighted by Gasteiger charge is 2.18. The molecule has 0 radical (unpaired) electrons. The monoisotopic (exact) mass is 379 g/mol. The van der Waals surface area contributed by atoms with Crippen LogP contribution in [0.25, 0.3) is 22.8 Å². The van der Waals surface area contributed by atoms with Gasteiger partial charge < -0.3 is 19.3 Å². The molecule has 1 N–H and O–H groups in total. The summed E-state index contributed by atoms with van der Waals surface area (Å²) in [5, 5.41) is 6.88. The Bertz CT molecular complexity index is 920. The first kappa shape index (κ1) is 18.2. The first-order valence-corrected chi connectivity index (χ1v) is 9.29. The number of para-hydroxylation sites is 1. The first-order chi connectivity index (χ1) is 13.8. The van der Waals surface area contributed by atoms with E-state index < -0.39 is 0 Å². The van der Waals surface area contributed by atoms with Gasteiger partial charge in [0.05, 0.1) is 11.7 Å². The smallest absolute Gasteiger partial charge is 0.262 e. The number of hydrogen-bond donors (Lipinski definition) is 1. The Balaban J connectivity index is 1.41. The Morgan fingerprint density at radius 3 is 2.79 bits per heavy atom. The second-order valence-corrected chi connectivity index (χ2v) is 6.51. The van der Waals surface area contributed by atoms with Crippen molar-refractivity contribution in [2.75, 3.05) is 19.8 Å². The lowest BCUT2D eigenvalue weighted by atomic mass is 10.2. The molecule has 1 aromatic heterocycles. The van der Waals surface area contributed by atoms with Gasteiger partial charge in [0.2, 0.25) is 5.82 Å². The normalized spacial score (nSPS) is 16.1. The lowest BCUT2D eigenvalue weighted by Gasteiger charge is -2.12. The van der Waals surface area contributed by atoms with E-state index in [1.807, 2.05) is 48.5 Å². The first-order valence-electron chi connectivity index (χ1n) is 9.29. The zero-order chi connectivity index (χ0) is 19.2. The molecule has 7 nitrogen and oxygen atoms in total. The summed E-state index contributed by atoms with van der Waals surface area (Å²) >= 11 is 0. The third-order valence-corrected chi connectivity index (χ3v) is 4.49. The number of carbonyl (C=O) groups excluding carboxylic acids is 1. The molecule has 1 saturated heterocycles. The minimum atomic E-state index is -0.194. The van der Waals surface area contributed by atoms with E-state index in [2.05, 4.69) is 15.5 Å². The van der Waals surface area contributed by atoms with E-state index in [1.54, 1.807) is 6.07 Å². The Hall–Kier alpha value is -3.19. The molecule has 0 saturated carbocycles. The maximum Gasteiger partial charge on any atom is 0.262 e. The Kier molecular flexibility index (Phi) is 5.63. The number of rotatable bonds is 7. The van der Waals surface area contributed by atoms with E-state index in [0.717, 1.165) is 25.0 Å². The molecular weight excluding hydrogens is 358 g/mol. The van der Waals surface area contributed by atoms with Crippen LogP contribution in [0, 0.1) is 0 Å². The maximum atomic E-state index is 12.1. The van der Waals surface area contributed by atoms with Crippen molar-refractivity contribution in [2.24, 2.45) is 0 Å². The van der Waals surface area contributed by atoms with E-state index >= 15 is 0 Å². The van der Waals surface area contributed by atoms with Crippen LogP contribution in [0.15, 0.2) is 59.1 Å². The fraction of sp³-hybridized carbons (Fsp3) is 0.286. The van der Waals surface area contributed by atoms with Gasteiger partial charge in [0.25, 0.3) is 11.8 Å². The van der Waals surface area contributed by atoms with Gasteiger partial charge in [-0.25, -0.2) is 0 Å². The van der Waals surface area contributed by atoms with Gasteiger partial charge in [0.15, 0.2) is 6.61 Å². The molecule has 3 aromatic rings. The Morgan fingerprint density at radius 1 is 1.14 bits per heavy atom.